The summed E-state index contributed by atoms with van der Waals surface area (Å²) in [4.78, 5) is 6.14. The summed E-state index contributed by atoms with van der Waals surface area (Å²) >= 11 is 0. The number of oxazole rings is 1. The molecule has 0 bridgehead atoms. The van der Waals surface area contributed by atoms with E-state index in [0.29, 0.717) is 13.1 Å². The fraction of sp³-hybridized carbons (Fsp3) is 0.286. The topological polar surface area (TPSA) is 72.6 Å². The van der Waals surface area contributed by atoms with Gasteiger partial charge in [-0.2, -0.15) is 4.98 Å². The summed E-state index contributed by atoms with van der Waals surface area (Å²) in [6.45, 7) is 4.69. The summed E-state index contributed by atoms with van der Waals surface area (Å²) in [5.41, 5.74) is 0.109. The molecule has 0 spiro atoms. The van der Waals surface area contributed by atoms with Crippen molar-refractivity contribution in [1.82, 2.24) is 4.98 Å². The first-order chi connectivity index (χ1) is 13.9. The zero-order valence-corrected chi connectivity index (χ0v) is 16.9. The van der Waals surface area contributed by atoms with Gasteiger partial charge in [-0.3, -0.25) is 0 Å². The molecule has 8 heteroatoms. The molecule has 1 aromatic heterocycles. The van der Waals surface area contributed by atoms with Gasteiger partial charge in [0.05, 0.1) is 22.7 Å². The standard InChI is InChI=1S/C21H21FN2O4S/c1-14-12-24(13-15(2)27-14)21-20(29(25,26)16-8-4-3-5-9-16)23-19(28-21)17-10-6-7-11-18(17)22/h3-11,14-15H,12-13H2,1-2H3. The molecule has 4 rings (SSSR count). The molecule has 29 heavy (non-hydrogen) atoms. The Morgan fingerprint density at radius 2 is 1.62 bits per heavy atom. The molecule has 1 aliphatic heterocycles. The summed E-state index contributed by atoms with van der Waals surface area (Å²) < 4.78 is 52.6. The molecule has 0 radical (unpaired) electrons. The average Bonchev–Trinajstić information content (AvgIpc) is 3.14. The van der Waals surface area contributed by atoms with Gasteiger partial charge in [0.15, 0.2) is 0 Å². The fourth-order valence-corrected chi connectivity index (χ4v) is 4.82. The number of rotatable bonds is 4. The largest absolute Gasteiger partial charge is 0.419 e. The van der Waals surface area contributed by atoms with Gasteiger partial charge in [0, 0.05) is 13.1 Å². The van der Waals surface area contributed by atoms with E-state index in [4.69, 9.17) is 9.15 Å². The zero-order valence-electron chi connectivity index (χ0n) is 16.1. The molecule has 3 aromatic rings. The van der Waals surface area contributed by atoms with Crippen LogP contribution >= 0.6 is 0 Å². The Morgan fingerprint density at radius 3 is 2.28 bits per heavy atom. The molecule has 0 saturated carbocycles. The number of hydrogen-bond acceptors (Lipinski definition) is 6. The number of aromatic nitrogens is 1. The third-order valence-electron chi connectivity index (χ3n) is 4.70. The molecule has 152 valence electrons. The van der Waals surface area contributed by atoms with Crippen molar-refractivity contribution in [1.29, 1.82) is 0 Å². The van der Waals surface area contributed by atoms with Gasteiger partial charge in [0.2, 0.25) is 26.6 Å². The highest BCUT2D eigenvalue weighted by molar-refractivity contribution is 7.91. The lowest BCUT2D eigenvalue weighted by Crippen LogP contribution is -2.45. The lowest BCUT2D eigenvalue weighted by molar-refractivity contribution is -0.00657. The van der Waals surface area contributed by atoms with Crippen molar-refractivity contribution in [2.45, 2.75) is 36.0 Å². The Bertz CT molecular complexity index is 1100. The van der Waals surface area contributed by atoms with Crippen molar-refractivity contribution < 1.29 is 22.0 Å². The summed E-state index contributed by atoms with van der Waals surface area (Å²) in [7, 11) is -3.96. The molecule has 1 aliphatic rings. The van der Waals surface area contributed by atoms with Gasteiger partial charge in [-0.15, -0.1) is 0 Å². The van der Waals surface area contributed by atoms with Gasteiger partial charge >= 0.3 is 0 Å². The van der Waals surface area contributed by atoms with E-state index in [-0.39, 0.29) is 39.5 Å². The van der Waals surface area contributed by atoms with E-state index in [9.17, 15) is 12.8 Å². The monoisotopic (exact) mass is 416 g/mol. The van der Waals surface area contributed by atoms with Crippen molar-refractivity contribution in [3.8, 4) is 11.5 Å². The Morgan fingerprint density at radius 1 is 1.00 bits per heavy atom. The van der Waals surface area contributed by atoms with E-state index >= 15 is 0 Å². The second kappa shape index (κ2) is 7.61. The van der Waals surface area contributed by atoms with Crippen LogP contribution in [-0.4, -0.2) is 38.7 Å². The lowest BCUT2D eigenvalue weighted by Gasteiger charge is -2.35. The SMILES string of the molecule is CC1CN(c2oc(-c3ccccc3F)nc2S(=O)(=O)c2ccccc2)CC(C)O1. The number of anilines is 1. The highest BCUT2D eigenvalue weighted by atomic mass is 32.2. The molecule has 1 saturated heterocycles. The van der Waals surface area contributed by atoms with Crippen LogP contribution in [0.2, 0.25) is 0 Å². The van der Waals surface area contributed by atoms with Crippen LogP contribution in [0.15, 0.2) is 68.9 Å². The number of sulfone groups is 1. The summed E-state index contributed by atoms with van der Waals surface area (Å²) in [6.07, 6.45) is -0.235. The van der Waals surface area contributed by atoms with Crippen LogP contribution in [0, 0.1) is 5.82 Å². The van der Waals surface area contributed by atoms with Crippen LogP contribution in [-0.2, 0) is 14.6 Å². The number of ether oxygens (including phenoxy) is 1. The van der Waals surface area contributed by atoms with E-state index in [1.807, 2.05) is 13.8 Å². The van der Waals surface area contributed by atoms with Gasteiger partial charge < -0.3 is 14.1 Å². The molecule has 2 heterocycles. The summed E-state index contributed by atoms with van der Waals surface area (Å²) in [5.74, 6) is -0.499. The highest BCUT2D eigenvalue weighted by Crippen LogP contribution is 2.36. The lowest BCUT2D eigenvalue weighted by atomic mass is 10.2. The fourth-order valence-electron chi connectivity index (χ4n) is 3.48. The predicted molar refractivity (Wildman–Crippen MR) is 106 cm³/mol. The van der Waals surface area contributed by atoms with Crippen LogP contribution in [0.5, 0.6) is 0 Å². The maximum atomic E-state index is 14.3. The second-order valence-electron chi connectivity index (χ2n) is 7.09. The number of hydrogen-bond donors (Lipinski definition) is 0. The van der Waals surface area contributed by atoms with Crippen LogP contribution in [0.25, 0.3) is 11.5 Å². The smallest absolute Gasteiger partial charge is 0.236 e. The zero-order chi connectivity index (χ0) is 20.6. The summed E-state index contributed by atoms with van der Waals surface area (Å²) in [6, 6.07) is 14.0. The normalized spacial score (nSPS) is 20.0. The second-order valence-corrected chi connectivity index (χ2v) is 8.95. The minimum Gasteiger partial charge on any atom is -0.419 e. The van der Waals surface area contributed by atoms with Crippen molar-refractivity contribution >= 4 is 15.7 Å². The molecule has 0 N–H and O–H groups in total. The minimum atomic E-state index is -3.96. The third-order valence-corrected chi connectivity index (χ3v) is 6.37. The van der Waals surface area contributed by atoms with Crippen molar-refractivity contribution in [2.75, 3.05) is 18.0 Å². The van der Waals surface area contributed by atoms with Gasteiger partial charge in [0.25, 0.3) is 0 Å². The first kappa shape index (κ1) is 19.6. The first-order valence-corrected chi connectivity index (χ1v) is 10.8. The van der Waals surface area contributed by atoms with Crippen LogP contribution in [0.4, 0.5) is 10.3 Å². The van der Waals surface area contributed by atoms with Gasteiger partial charge in [-0.05, 0) is 38.1 Å². The number of morpholine rings is 1. The minimum absolute atomic E-state index is 0.0700. The van der Waals surface area contributed by atoms with Crippen molar-refractivity contribution in [3.63, 3.8) is 0 Å². The number of halogens is 1. The molecule has 2 aromatic carbocycles. The third kappa shape index (κ3) is 3.77. The Kier molecular flexibility index (Phi) is 5.14. The average molecular weight is 416 g/mol. The van der Waals surface area contributed by atoms with Crippen LogP contribution < -0.4 is 4.90 Å². The van der Waals surface area contributed by atoms with E-state index in [1.165, 1.54) is 24.3 Å². The van der Waals surface area contributed by atoms with Crippen LogP contribution in [0.1, 0.15) is 13.8 Å². The van der Waals surface area contributed by atoms with Crippen LogP contribution in [0.3, 0.4) is 0 Å². The molecule has 2 unspecified atom stereocenters. The molecular formula is C21H21FN2O4S. The molecule has 2 atom stereocenters. The number of nitrogens with zero attached hydrogens (tertiary/aromatic N) is 2. The quantitative estimate of drug-likeness (QED) is 0.642. The number of benzene rings is 2. The van der Waals surface area contributed by atoms with E-state index in [2.05, 4.69) is 4.98 Å². The maximum absolute atomic E-state index is 14.3. The Hall–Kier alpha value is -2.71. The van der Waals surface area contributed by atoms with Crippen molar-refractivity contribution in [3.05, 3.63) is 60.4 Å². The van der Waals surface area contributed by atoms with Gasteiger partial charge in [0.1, 0.15) is 5.82 Å². The molecule has 6 nitrogen and oxygen atoms in total. The maximum Gasteiger partial charge on any atom is 0.236 e. The first-order valence-electron chi connectivity index (χ1n) is 9.32. The Balaban J connectivity index is 1.88. The molecular weight excluding hydrogens is 395 g/mol. The van der Waals surface area contributed by atoms with E-state index in [1.54, 1.807) is 35.2 Å². The molecule has 0 aliphatic carbocycles. The van der Waals surface area contributed by atoms with E-state index in [0.717, 1.165) is 0 Å². The molecule has 1 fully saturated rings. The molecule has 0 amide bonds. The highest BCUT2D eigenvalue weighted by Gasteiger charge is 2.34. The van der Waals surface area contributed by atoms with Gasteiger partial charge in [-0.25, -0.2) is 12.8 Å². The van der Waals surface area contributed by atoms with Crippen molar-refractivity contribution in [2.24, 2.45) is 0 Å². The van der Waals surface area contributed by atoms with Gasteiger partial charge in [-0.1, -0.05) is 30.3 Å². The Labute approximate surface area is 168 Å². The summed E-state index contributed by atoms with van der Waals surface area (Å²) in [5, 5.41) is -0.219. The predicted octanol–water partition coefficient (Wildman–Crippen LogP) is 3.93. The van der Waals surface area contributed by atoms with E-state index < -0.39 is 15.7 Å².